The van der Waals surface area contributed by atoms with Crippen molar-refractivity contribution in [3.63, 3.8) is 0 Å². The predicted octanol–water partition coefficient (Wildman–Crippen LogP) is 0.914. The molecule has 3 nitrogen and oxygen atoms in total. The lowest BCUT2D eigenvalue weighted by molar-refractivity contribution is 0.00547. The fourth-order valence-electron chi connectivity index (χ4n) is 1.73. The molecule has 1 heterocycles. The highest BCUT2D eigenvalue weighted by Crippen LogP contribution is 2.31. The summed E-state index contributed by atoms with van der Waals surface area (Å²) in [5.74, 6) is 0. The topological polar surface area (TPSA) is 41.5 Å². The Kier molecular flexibility index (Phi) is 3.00. The first-order valence-electron chi connectivity index (χ1n) is 4.93. The van der Waals surface area contributed by atoms with Crippen LogP contribution in [-0.2, 0) is 4.74 Å². The second-order valence-electron chi connectivity index (χ2n) is 4.99. The lowest BCUT2D eigenvalue weighted by atomic mass is 9.93. The summed E-state index contributed by atoms with van der Waals surface area (Å²) in [7, 11) is 0. The van der Waals surface area contributed by atoms with E-state index in [1.807, 2.05) is 13.8 Å². The first-order valence-corrected chi connectivity index (χ1v) is 4.93. The van der Waals surface area contributed by atoms with Gasteiger partial charge in [0, 0.05) is 19.0 Å². The summed E-state index contributed by atoms with van der Waals surface area (Å²) in [5.41, 5.74) is -0.846. The minimum Gasteiger partial charge on any atom is -0.386 e. The lowest BCUT2D eigenvalue weighted by Gasteiger charge is -2.24. The van der Waals surface area contributed by atoms with Gasteiger partial charge in [0.2, 0.25) is 0 Å². The van der Waals surface area contributed by atoms with Gasteiger partial charge in [0.15, 0.2) is 0 Å². The Labute approximate surface area is 80.5 Å². The molecule has 0 bridgehead atoms. The van der Waals surface area contributed by atoms with E-state index in [1.165, 1.54) is 0 Å². The van der Waals surface area contributed by atoms with Crippen LogP contribution in [0.5, 0.6) is 0 Å². The van der Waals surface area contributed by atoms with Gasteiger partial charge in [-0.05, 0) is 13.8 Å². The van der Waals surface area contributed by atoms with E-state index in [4.69, 9.17) is 4.74 Å². The van der Waals surface area contributed by atoms with Crippen LogP contribution >= 0.6 is 0 Å². The van der Waals surface area contributed by atoms with Gasteiger partial charge in [-0.1, -0.05) is 13.8 Å². The summed E-state index contributed by atoms with van der Waals surface area (Å²) in [4.78, 5) is 0. The Bertz CT molecular complexity index is 180. The van der Waals surface area contributed by atoms with Crippen LogP contribution < -0.4 is 5.32 Å². The third-order valence-electron chi connectivity index (χ3n) is 2.33. The Morgan fingerprint density at radius 2 is 2.08 bits per heavy atom. The molecule has 0 radical (unpaired) electrons. The summed E-state index contributed by atoms with van der Waals surface area (Å²) >= 11 is 0. The molecule has 0 aromatic rings. The zero-order valence-electron chi connectivity index (χ0n) is 9.05. The van der Waals surface area contributed by atoms with Crippen molar-refractivity contribution in [2.75, 3.05) is 13.2 Å². The third-order valence-corrected chi connectivity index (χ3v) is 2.33. The molecular formula is C10H21NO2. The second kappa shape index (κ2) is 3.56. The highest BCUT2D eigenvalue weighted by atomic mass is 16.5. The average Bonchev–Trinajstić information content (AvgIpc) is 2.23. The van der Waals surface area contributed by atoms with E-state index >= 15 is 0 Å². The summed E-state index contributed by atoms with van der Waals surface area (Å²) in [6.45, 7) is 9.24. The number of nitrogens with one attached hydrogen (secondary N) is 1. The first kappa shape index (κ1) is 11.0. The smallest absolute Gasteiger partial charge is 0.103 e. The van der Waals surface area contributed by atoms with Crippen molar-refractivity contribution in [1.82, 2.24) is 5.32 Å². The number of hydrogen-bond donors (Lipinski definition) is 2. The van der Waals surface area contributed by atoms with Crippen molar-refractivity contribution < 1.29 is 9.84 Å². The fraction of sp³-hybridized carbons (Fsp3) is 1.00. The minimum atomic E-state index is -0.673. The molecule has 1 rings (SSSR count). The van der Waals surface area contributed by atoms with Crippen molar-refractivity contribution in [3.05, 3.63) is 0 Å². The first-order chi connectivity index (χ1) is 5.83. The predicted molar refractivity (Wildman–Crippen MR) is 52.7 cm³/mol. The Morgan fingerprint density at radius 1 is 1.46 bits per heavy atom. The average molecular weight is 187 g/mol. The number of aliphatic hydroxyl groups is 1. The van der Waals surface area contributed by atoms with Crippen molar-refractivity contribution in [2.45, 2.75) is 51.4 Å². The van der Waals surface area contributed by atoms with Gasteiger partial charge in [0.25, 0.3) is 0 Å². The molecule has 13 heavy (non-hydrogen) atoms. The van der Waals surface area contributed by atoms with Gasteiger partial charge in [-0.3, -0.25) is 0 Å². The van der Waals surface area contributed by atoms with Gasteiger partial charge in [0.1, 0.15) is 5.60 Å². The minimum absolute atomic E-state index is 0.173. The molecular weight excluding hydrogens is 166 g/mol. The van der Waals surface area contributed by atoms with Crippen molar-refractivity contribution in [2.24, 2.45) is 0 Å². The van der Waals surface area contributed by atoms with E-state index in [-0.39, 0.29) is 5.60 Å². The van der Waals surface area contributed by atoms with Gasteiger partial charge in [-0.15, -0.1) is 0 Å². The van der Waals surface area contributed by atoms with E-state index in [2.05, 4.69) is 19.2 Å². The zero-order chi connectivity index (χ0) is 10.1. The Hall–Kier alpha value is -0.120. The maximum Gasteiger partial charge on any atom is 0.103 e. The summed E-state index contributed by atoms with van der Waals surface area (Å²) in [6.07, 6.45) is 0.708. The lowest BCUT2D eigenvalue weighted by Crippen LogP contribution is -2.44. The van der Waals surface area contributed by atoms with Gasteiger partial charge in [-0.25, -0.2) is 0 Å². The monoisotopic (exact) mass is 187 g/mol. The molecule has 0 saturated carbocycles. The summed E-state index contributed by atoms with van der Waals surface area (Å²) < 4.78 is 5.50. The quantitative estimate of drug-likeness (QED) is 0.690. The molecule has 1 aliphatic heterocycles. The van der Waals surface area contributed by atoms with Crippen molar-refractivity contribution >= 4 is 0 Å². The van der Waals surface area contributed by atoms with Crippen LogP contribution in [0.1, 0.15) is 34.1 Å². The van der Waals surface area contributed by atoms with E-state index in [0.717, 1.165) is 0 Å². The number of hydrogen-bond acceptors (Lipinski definition) is 3. The Morgan fingerprint density at radius 3 is 2.46 bits per heavy atom. The highest BCUT2D eigenvalue weighted by Gasteiger charge is 2.42. The van der Waals surface area contributed by atoms with Crippen LogP contribution in [0.2, 0.25) is 0 Å². The molecule has 0 aromatic carbocycles. The SMILES string of the molecule is CC(C)NCC1(O)COC(C)(C)C1. The van der Waals surface area contributed by atoms with Crippen LogP contribution in [-0.4, -0.2) is 35.5 Å². The van der Waals surface area contributed by atoms with E-state index in [9.17, 15) is 5.11 Å². The Balaban J connectivity index is 2.41. The van der Waals surface area contributed by atoms with Gasteiger partial charge >= 0.3 is 0 Å². The number of ether oxygens (including phenoxy) is 1. The largest absolute Gasteiger partial charge is 0.386 e. The van der Waals surface area contributed by atoms with E-state index in [0.29, 0.717) is 25.6 Å². The molecule has 0 aliphatic carbocycles. The second-order valence-corrected chi connectivity index (χ2v) is 4.99. The molecule has 0 aromatic heterocycles. The fourth-order valence-corrected chi connectivity index (χ4v) is 1.73. The van der Waals surface area contributed by atoms with E-state index < -0.39 is 5.60 Å². The molecule has 0 spiro atoms. The highest BCUT2D eigenvalue weighted by molar-refractivity contribution is 4.94. The summed E-state index contributed by atoms with van der Waals surface area (Å²) in [6, 6.07) is 0.410. The normalized spacial score (nSPS) is 32.8. The molecule has 2 N–H and O–H groups in total. The van der Waals surface area contributed by atoms with Crippen LogP contribution in [0, 0.1) is 0 Å². The molecule has 1 fully saturated rings. The maximum absolute atomic E-state index is 10.1. The maximum atomic E-state index is 10.1. The molecule has 3 heteroatoms. The van der Waals surface area contributed by atoms with Crippen LogP contribution in [0.25, 0.3) is 0 Å². The van der Waals surface area contributed by atoms with E-state index in [1.54, 1.807) is 0 Å². The van der Waals surface area contributed by atoms with Crippen LogP contribution in [0.3, 0.4) is 0 Å². The van der Waals surface area contributed by atoms with Crippen LogP contribution in [0.4, 0.5) is 0 Å². The van der Waals surface area contributed by atoms with Gasteiger partial charge < -0.3 is 15.2 Å². The molecule has 1 aliphatic rings. The third kappa shape index (κ3) is 3.25. The molecule has 1 atom stereocenters. The molecule has 78 valence electrons. The molecule has 1 unspecified atom stereocenters. The molecule has 0 amide bonds. The summed E-state index contributed by atoms with van der Waals surface area (Å²) in [5, 5.41) is 13.3. The van der Waals surface area contributed by atoms with Crippen LogP contribution in [0.15, 0.2) is 0 Å². The van der Waals surface area contributed by atoms with Crippen molar-refractivity contribution in [3.8, 4) is 0 Å². The standard InChI is InChI=1S/C10H21NO2/c1-8(2)11-6-10(12)5-9(3,4)13-7-10/h8,11-12H,5-7H2,1-4H3. The van der Waals surface area contributed by atoms with Crippen molar-refractivity contribution in [1.29, 1.82) is 0 Å². The number of rotatable bonds is 3. The molecule has 1 saturated heterocycles. The van der Waals surface area contributed by atoms with Gasteiger partial charge in [0.05, 0.1) is 12.2 Å². The zero-order valence-corrected chi connectivity index (χ0v) is 9.05. The van der Waals surface area contributed by atoms with Gasteiger partial charge in [-0.2, -0.15) is 0 Å².